The van der Waals surface area contributed by atoms with Crippen molar-refractivity contribution in [2.75, 3.05) is 12.3 Å². The summed E-state index contributed by atoms with van der Waals surface area (Å²) in [5.41, 5.74) is 4.37. The van der Waals surface area contributed by atoms with Gasteiger partial charge in [0.15, 0.2) is 0 Å². The Morgan fingerprint density at radius 2 is 2.00 bits per heavy atom. The first-order valence-corrected chi connectivity index (χ1v) is 4.83. The van der Waals surface area contributed by atoms with Gasteiger partial charge in [-0.25, -0.2) is 13.6 Å². The molecule has 2 N–H and O–H groups in total. The Morgan fingerprint density at radius 3 is 2.56 bits per heavy atom. The van der Waals surface area contributed by atoms with E-state index in [-0.39, 0.29) is 18.2 Å². The molecule has 0 spiro atoms. The molecule has 0 saturated heterocycles. The Hall–Kier alpha value is -1.65. The van der Waals surface area contributed by atoms with Crippen molar-refractivity contribution in [3.05, 3.63) is 29.3 Å². The molecule has 16 heavy (non-hydrogen) atoms. The van der Waals surface area contributed by atoms with Crippen LogP contribution >= 0.6 is 0 Å². The standard InChI is InChI=1S/C11H13F2NO2/c1-6(2)5-16-11(15)7-3-9(13)10(14)4-8(7)12/h3-4,6H,5,14H2,1-2H3. The molecule has 88 valence electrons. The molecule has 1 rings (SSSR count). The molecule has 0 fully saturated rings. The van der Waals surface area contributed by atoms with Gasteiger partial charge in [-0.05, 0) is 12.0 Å². The Morgan fingerprint density at radius 1 is 1.38 bits per heavy atom. The van der Waals surface area contributed by atoms with Crippen LogP contribution in [-0.2, 0) is 4.74 Å². The molecule has 0 saturated carbocycles. The van der Waals surface area contributed by atoms with Crippen LogP contribution in [-0.4, -0.2) is 12.6 Å². The predicted octanol–water partition coefficient (Wildman–Crippen LogP) is 2.36. The summed E-state index contributed by atoms with van der Waals surface area (Å²) in [5.74, 6) is -2.47. The van der Waals surface area contributed by atoms with Crippen molar-refractivity contribution in [1.29, 1.82) is 0 Å². The fourth-order valence-corrected chi connectivity index (χ4v) is 1.04. The molecular weight excluding hydrogens is 216 g/mol. The minimum atomic E-state index is -0.884. The van der Waals surface area contributed by atoms with Gasteiger partial charge < -0.3 is 10.5 Å². The van der Waals surface area contributed by atoms with E-state index in [0.717, 1.165) is 12.1 Å². The minimum Gasteiger partial charge on any atom is -0.462 e. The Kier molecular flexibility index (Phi) is 3.82. The van der Waals surface area contributed by atoms with Gasteiger partial charge in [0, 0.05) is 6.07 Å². The number of anilines is 1. The zero-order chi connectivity index (χ0) is 12.3. The summed E-state index contributed by atoms with van der Waals surface area (Å²) in [6.45, 7) is 3.84. The monoisotopic (exact) mass is 229 g/mol. The summed E-state index contributed by atoms with van der Waals surface area (Å²) in [6, 6.07) is 1.51. The molecule has 0 atom stereocenters. The zero-order valence-corrected chi connectivity index (χ0v) is 9.09. The van der Waals surface area contributed by atoms with Crippen LogP contribution < -0.4 is 5.73 Å². The molecule has 0 unspecified atom stereocenters. The van der Waals surface area contributed by atoms with Crippen molar-refractivity contribution in [2.45, 2.75) is 13.8 Å². The summed E-state index contributed by atoms with van der Waals surface area (Å²) in [4.78, 5) is 11.4. The maximum absolute atomic E-state index is 13.3. The number of carbonyl (C=O) groups excluding carboxylic acids is 1. The molecule has 3 nitrogen and oxygen atoms in total. The lowest BCUT2D eigenvalue weighted by Crippen LogP contribution is -2.12. The second-order valence-corrected chi connectivity index (χ2v) is 3.85. The lowest BCUT2D eigenvalue weighted by atomic mass is 10.2. The number of carbonyl (C=O) groups is 1. The first-order chi connectivity index (χ1) is 7.41. The second-order valence-electron chi connectivity index (χ2n) is 3.85. The number of rotatable bonds is 3. The van der Waals surface area contributed by atoms with Gasteiger partial charge in [-0.1, -0.05) is 13.8 Å². The molecule has 0 aliphatic carbocycles. The first-order valence-electron chi connectivity index (χ1n) is 4.83. The highest BCUT2D eigenvalue weighted by molar-refractivity contribution is 5.90. The third kappa shape index (κ3) is 2.92. The lowest BCUT2D eigenvalue weighted by molar-refractivity contribution is 0.0453. The van der Waals surface area contributed by atoms with Crippen LogP contribution in [0, 0.1) is 17.6 Å². The summed E-state index contributed by atoms with van der Waals surface area (Å²) in [6.07, 6.45) is 0. The smallest absolute Gasteiger partial charge is 0.341 e. The summed E-state index contributed by atoms with van der Waals surface area (Å²) >= 11 is 0. The third-order valence-corrected chi connectivity index (χ3v) is 1.85. The Labute approximate surface area is 92.2 Å². The SMILES string of the molecule is CC(C)COC(=O)c1cc(F)c(N)cc1F. The minimum absolute atomic E-state index is 0.130. The molecule has 5 heteroatoms. The number of halogens is 2. The van der Waals surface area contributed by atoms with E-state index in [1.54, 1.807) is 0 Å². The van der Waals surface area contributed by atoms with Gasteiger partial charge in [0.05, 0.1) is 17.9 Å². The molecule has 1 aromatic rings. The summed E-state index contributed by atoms with van der Waals surface area (Å²) < 4.78 is 31.1. The van der Waals surface area contributed by atoms with Gasteiger partial charge in [0.25, 0.3) is 0 Å². The molecule has 0 amide bonds. The van der Waals surface area contributed by atoms with Crippen LogP contribution in [0.25, 0.3) is 0 Å². The van der Waals surface area contributed by atoms with E-state index in [4.69, 9.17) is 10.5 Å². The largest absolute Gasteiger partial charge is 0.462 e. The van der Waals surface area contributed by atoms with E-state index in [2.05, 4.69) is 0 Å². The van der Waals surface area contributed by atoms with Crippen LogP contribution in [0.2, 0.25) is 0 Å². The van der Waals surface area contributed by atoms with E-state index < -0.39 is 23.2 Å². The molecule has 0 aliphatic rings. The van der Waals surface area contributed by atoms with Gasteiger partial charge in [-0.15, -0.1) is 0 Å². The average molecular weight is 229 g/mol. The highest BCUT2D eigenvalue weighted by Gasteiger charge is 2.16. The molecule has 0 heterocycles. The first kappa shape index (κ1) is 12.4. The maximum atomic E-state index is 13.3. The number of benzene rings is 1. The lowest BCUT2D eigenvalue weighted by Gasteiger charge is -2.08. The van der Waals surface area contributed by atoms with Crippen molar-refractivity contribution in [2.24, 2.45) is 5.92 Å². The number of hydrogen-bond donors (Lipinski definition) is 1. The second kappa shape index (κ2) is 4.92. The molecule has 0 bridgehead atoms. The van der Waals surface area contributed by atoms with Crippen molar-refractivity contribution >= 4 is 11.7 Å². The molecule has 0 radical (unpaired) electrons. The van der Waals surface area contributed by atoms with Gasteiger partial charge >= 0.3 is 5.97 Å². The number of nitrogens with two attached hydrogens (primary N) is 1. The average Bonchev–Trinajstić information content (AvgIpc) is 2.20. The molecule has 0 aliphatic heterocycles. The summed E-state index contributed by atoms with van der Waals surface area (Å²) in [5, 5.41) is 0. The van der Waals surface area contributed by atoms with E-state index >= 15 is 0 Å². The fourth-order valence-electron chi connectivity index (χ4n) is 1.04. The van der Waals surface area contributed by atoms with Crippen LogP contribution in [0.4, 0.5) is 14.5 Å². The van der Waals surface area contributed by atoms with E-state index in [1.807, 2.05) is 13.8 Å². The fraction of sp³-hybridized carbons (Fsp3) is 0.364. The van der Waals surface area contributed by atoms with Crippen LogP contribution in [0.15, 0.2) is 12.1 Å². The zero-order valence-electron chi connectivity index (χ0n) is 9.09. The number of nitrogen functional groups attached to an aromatic ring is 1. The van der Waals surface area contributed by atoms with Crippen molar-refractivity contribution in [3.8, 4) is 0 Å². The molecule has 1 aromatic carbocycles. The van der Waals surface area contributed by atoms with Gasteiger partial charge in [-0.2, -0.15) is 0 Å². The number of ether oxygens (including phenoxy) is 1. The molecular formula is C11H13F2NO2. The normalized spacial score (nSPS) is 10.6. The highest BCUT2D eigenvalue weighted by atomic mass is 19.1. The van der Waals surface area contributed by atoms with Crippen molar-refractivity contribution in [3.63, 3.8) is 0 Å². The van der Waals surface area contributed by atoms with Gasteiger partial charge in [0.1, 0.15) is 11.6 Å². The van der Waals surface area contributed by atoms with Gasteiger partial charge in [-0.3, -0.25) is 0 Å². The Bertz CT molecular complexity index is 405. The molecule has 0 aromatic heterocycles. The highest BCUT2D eigenvalue weighted by Crippen LogP contribution is 2.17. The maximum Gasteiger partial charge on any atom is 0.341 e. The van der Waals surface area contributed by atoms with Gasteiger partial charge in [0.2, 0.25) is 0 Å². The quantitative estimate of drug-likeness (QED) is 0.639. The van der Waals surface area contributed by atoms with Crippen LogP contribution in [0.5, 0.6) is 0 Å². The summed E-state index contributed by atoms with van der Waals surface area (Å²) in [7, 11) is 0. The van der Waals surface area contributed by atoms with Crippen LogP contribution in [0.1, 0.15) is 24.2 Å². The topological polar surface area (TPSA) is 52.3 Å². The van der Waals surface area contributed by atoms with Crippen molar-refractivity contribution in [1.82, 2.24) is 0 Å². The van der Waals surface area contributed by atoms with E-state index in [0.29, 0.717) is 0 Å². The van der Waals surface area contributed by atoms with E-state index in [1.165, 1.54) is 0 Å². The van der Waals surface area contributed by atoms with Crippen LogP contribution in [0.3, 0.4) is 0 Å². The number of hydrogen-bond acceptors (Lipinski definition) is 3. The predicted molar refractivity (Wildman–Crippen MR) is 55.9 cm³/mol. The van der Waals surface area contributed by atoms with Crippen molar-refractivity contribution < 1.29 is 18.3 Å². The third-order valence-electron chi connectivity index (χ3n) is 1.85. The van der Waals surface area contributed by atoms with E-state index in [9.17, 15) is 13.6 Å². The number of esters is 1. The Balaban J connectivity index is 2.87.